The van der Waals surface area contributed by atoms with Crippen LogP contribution in [0.25, 0.3) is 0 Å². The fraction of sp³-hybridized carbons (Fsp3) is 0.318. The van der Waals surface area contributed by atoms with Crippen LogP contribution in [0.3, 0.4) is 0 Å². The number of esters is 1. The molecule has 1 aliphatic heterocycles. The number of methoxy groups -OCH3 is 1. The quantitative estimate of drug-likeness (QED) is 0.544. The third-order valence-electron chi connectivity index (χ3n) is 4.86. The van der Waals surface area contributed by atoms with E-state index in [-0.39, 0.29) is 31.3 Å². The molecule has 6 heteroatoms. The van der Waals surface area contributed by atoms with Gasteiger partial charge in [-0.1, -0.05) is 43.3 Å². The first kappa shape index (κ1) is 19.6. The Bertz CT molecular complexity index is 875. The van der Waals surface area contributed by atoms with Crippen molar-refractivity contribution in [2.24, 2.45) is 5.92 Å². The lowest BCUT2D eigenvalue weighted by Crippen LogP contribution is -2.27. The molecule has 1 aliphatic rings. The first-order valence-corrected chi connectivity index (χ1v) is 9.25. The molecule has 0 aromatic heterocycles. The molecule has 3 rings (SSSR count). The SMILES string of the molecule is CCc1ccc(C(=O)COC(=O)[C@H]2CC(=O)N(c3ccccc3OC)C2)cc1. The van der Waals surface area contributed by atoms with Crippen LogP contribution in [0.5, 0.6) is 5.75 Å². The molecular formula is C22H23NO5. The summed E-state index contributed by atoms with van der Waals surface area (Å²) in [6.07, 6.45) is 0.943. The number of aryl methyl sites for hydroxylation is 1. The largest absolute Gasteiger partial charge is 0.495 e. The topological polar surface area (TPSA) is 72.9 Å². The van der Waals surface area contributed by atoms with Crippen LogP contribution in [0, 0.1) is 5.92 Å². The average molecular weight is 381 g/mol. The normalized spacial score (nSPS) is 16.1. The smallest absolute Gasteiger partial charge is 0.311 e. The minimum Gasteiger partial charge on any atom is -0.495 e. The fourth-order valence-corrected chi connectivity index (χ4v) is 3.22. The fourth-order valence-electron chi connectivity index (χ4n) is 3.22. The van der Waals surface area contributed by atoms with E-state index in [9.17, 15) is 14.4 Å². The summed E-state index contributed by atoms with van der Waals surface area (Å²) in [6.45, 7) is 1.91. The minimum atomic E-state index is -0.604. The van der Waals surface area contributed by atoms with Gasteiger partial charge in [-0.05, 0) is 24.1 Å². The Labute approximate surface area is 164 Å². The van der Waals surface area contributed by atoms with Crippen molar-refractivity contribution in [3.8, 4) is 5.75 Å². The molecule has 28 heavy (non-hydrogen) atoms. The second-order valence-electron chi connectivity index (χ2n) is 6.66. The van der Waals surface area contributed by atoms with Gasteiger partial charge in [-0.3, -0.25) is 14.4 Å². The van der Waals surface area contributed by atoms with Crippen LogP contribution in [-0.2, 0) is 20.7 Å². The van der Waals surface area contributed by atoms with Gasteiger partial charge in [-0.15, -0.1) is 0 Å². The summed E-state index contributed by atoms with van der Waals surface area (Å²) in [7, 11) is 1.53. The van der Waals surface area contributed by atoms with E-state index in [0.29, 0.717) is 17.0 Å². The summed E-state index contributed by atoms with van der Waals surface area (Å²) < 4.78 is 10.5. The Morgan fingerprint density at radius 1 is 1.11 bits per heavy atom. The third kappa shape index (κ3) is 4.22. The zero-order valence-corrected chi connectivity index (χ0v) is 16.0. The molecule has 0 radical (unpaired) electrons. The first-order valence-electron chi connectivity index (χ1n) is 9.25. The molecule has 0 saturated carbocycles. The van der Waals surface area contributed by atoms with Gasteiger partial charge in [0.05, 0.1) is 18.7 Å². The van der Waals surface area contributed by atoms with Gasteiger partial charge in [-0.25, -0.2) is 0 Å². The number of ether oxygens (including phenoxy) is 2. The number of benzene rings is 2. The van der Waals surface area contributed by atoms with E-state index < -0.39 is 11.9 Å². The van der Waals surface area contributed by atoms with Gasteiger partial charge < -0.3 is 14.4 Å². The van der Waals surface area contributed by atoms with Crippen LogP contribution in [0.4, 0.5) is 5.69 Å². The maximum atomic E-state index is 12.4. The molecule has 0 spiro atoms. The molecule has 1 amide bonds. The van der Waals surface area contributed by atoms with Crippen LogP contribution >= 0.6 is 0 Å². The van der Waals surface area contributed by atoms with Crippen LogP contribution in [0.15, 0.2) is 48.5 Å². The summed E-state index contributed by atoms with van der Waals surface area (Å²) in [6, 6.07) is 14.4. The molecule has 1 saturated heterocycles. The summed E-state index contributed by atoms with van der Waals surface area (Å²) in [5.41, 5.74) is 2.26. The van der Waals surface area contributed by atoms with Crippen LogP contribution in [-0.4, -0.2) is 37.9 Å². The van der Waals surface area contributed by atoms with E-state index in [0.717, 1.165) is 12.0 Å². The number of rotatable bonds is 7. The number of para-hydroxylation sites is 2. The molecule has 6 nitrogen and oxygen atoms in total. The van der Waals surface area contributed by atoms with Crippen molar-refractivity contribution in [3.63, 3.8) is 0 Å². The molecule has 0 bridgehead atoms. The molecule has 1 fully saturated rings. The monoisotopic (exact) mass is 381 g/mol. The molecule has 2 aromatic rings. The van der Waals surface area contributed by atoms with E-state index in [1.54, 1.807) is 30.3 Å². The second-order valence-corrected chi connectivity index (χ2v) is 6.66. The van der Waals surface area contributed by atoms with Gasteiger partial charge in [0.1, 0.15) is 5.75 Å². The number of carbonyl (C=O) groups is 3. The standard InChI is InChI=1S/C22H23NO5/c1-3-15-8-10-16(11-9-15)19(24)14-28-22(26)17-12-21(25)23(13-17)18-6-4-5-7-20(18)27-2/h4-11,17H,3,12-14H2,1-2H3/t17-/m0/s1. The van der Waals surface area contributed by atoms with Gasteiger partial charge in [0.15, 0.2) is 12.4 Å². The third-order valence-corrected chi connectivity index (χ3v) is 4.86. The molecule has 0 unspecified atom stereocenters. The van der Waals surface area contributed by atoms with Crippen molar-refractivity contribution < 1.29 is 23.9 Å². The van der Waals surface area contributed by atoms with Crippen molar-refractivity contribution in [3.05, 3.63) is 59.7 Å². The second kappa shape index (κ2) is 8.69. The lowest BCUT2D eigenvalue weighted by atomic mass is 10.1. The summed E-state index contributed by atoms with van der Waals surface area (Å²) in [5, 5.41) is 0. The number of Topliss-reactive ketones (excluding diaryl/α,β-unsaturated/α-hetero) is 1. The van der Waals surface area contributed by atoms with Crippen LogP contribution in [0.1, 0.15) is 29.3 Å². The molecular weight excluding hydrogens is 358 g/mol. The highest BCUT2D eigenvalue weighted by molar-refractivity contribution is 6.01. The van der Waals surface area contributed by atoms with Crippen LogP contribution < -0.4 is 9.64 Å². The van der Waals surface area contributed by atoms with E-state index in [1.165, 1.54) is 12.0 Å². The minimum absolute atomic E-state index is 0.0519. The van der Waals surface area contributed by atoms with Crippen molar-refractivity contribution in [1.29, 1.82) is 0 Å². The predicted molar refractivity (Wildman–Crippen MR) is 105 cm³/mol. The number of hydrogen-bond donors (Lipinski definition) is 0. The maximum absolute atomic E-state index is 12.4. The summed E-state index contributed by atoms with van der Waals surface area (Å²) in [5.74, 6) is -1.01. The lowest BCUT2D eigenvalue weighted by molar-refractivity contribution is -0.147. The van der Waals surface area contributed by atoms with Gasteiger partial charge in [-0.2, -0.15) is 0 Å². The number of carbonyl (C=O) groups excluding carboxylic acids is 3. The Morgan fingerprint density at radius 2 is 1.82 bits per heavy atom. The molecule has 146 valence electrons. The Kier molecular flexibility index (Phi) is 6.09. The van der Waals surface area contributed by atoms with Crippen molar-refractivity contribution in [2.45, 2.75) is 19.8 Å². The Balaban J connectivity index is 1.59. The molecule has 0 aliphatic carbocycles. The molecule has 2 aromatic carbocycles. The molecule has 1 heterocycles. The number of nitrogens with zero attached hydrogens (tertiary/aromatic N) is 1. The van der Waals surface area contributed by atoms with Crippen molar-refractivity contribution in [1.82, 2.24) is 0 Å². The van der Waals surface area contributed by atoms with E-state index in [1.807, 2.05) is 25.1 Å². The van der Waals surface area contributed by atoms with Gasteiger partial charge in [0.2, 0.25) is 5.91 Å². The molecule has 1 atom stereocenters. The zero-order valence-electron chi connectivity index (χ0n) is 16.0. The predicted octanol–water partition coefficient (Wildman–Crippen LogP) is 3.04. The summed E-state index contributed by atoms with van der Waals surface area (Å²) >= 11 is 0. The first-order chi connectivity index (χ1) is 13.5. The van der Waals surface area contributed by atoms with Gasteiger partial charge in [0, 0.05) is 18.5 Å². The number of hydrogen-bond acceptors (Lipinski definition) is 5. The van der Waals surface area contributed by atoms with Crippen molar-refractivity contribution >= 4 is 23.3 Å². The Hall–Kier alpha value is -3.15. The molecule has 0 N–H and O–H groups in total. The van der Waals surface area contributed by atoms with E-state index in [4.69, 9.17) is 9.47 Å². The summed E-state index contributed by atoms with van der Waals surface area (Å²) in [4.78, 5) is 38.5. The lowest BCUT2D eigenvalue weighted by Gasteiger charge is -2.19. The maximum Gasteiger partial charge on any atom is 0.311 e. The number of anilines is 1. The zero-order chi connectivity index (χ0) is 20.1. The highest BCUT2D eigenvalue weighted by Crippen LogP contribution is 2.33. The number of amides is 1. The highest BCUT2D eigenvalue weighted by atomic mass is 16.5. The van der Waals surface area contributed by atoms with E-state index >= 15 is 0 Å². The van der Waals surface area contributed by atoms with Crippen molar-refractivity contribution in [2.75, 3.05) is 25.2 Å². The van der Waals surface area contributed by atoms with Crippen LogP contribution in [0.2, 0.25) is 0 Å². The highest BCUT2D eigenvalue weighted by Gasteiger charge is 2.37. The Morgan fingerprint density at radius 3 is 2.50 bits per heavy atom. The average Bonchev–Trinajstić information content (AvgIpc) is 3.13. The number of ketones is 1. The van der Waals surface area contributed by atoms with Gasteiger partial charge in [0.25, 0.3) is 0 Å². The van der Waals surface area contributed by atoms with E-state index in [2.05, 4.69) is 0 Å². The van der Waals surface area contributed by atoms with Gasteiger partial charge >= 0.3 is 5.97 Å².